The maximum atomic E-state index is 14.1. The lowest BCUT2D eigenvalue weighted by Crippen LogP contribution is -2.80. The fourth-order valence-electron chi connectivity index (χ4n) is 13.4. The topological polar surface area (TPSA) is 285 Å². The van der Waals surface area contributed by atoms with Gasteiger partial charge in [-0.25, -0.2) is 9.59 Å². The van der Waals surface area contributed by atoms with Crippen molar-refractivity contribution in [2.75, 3.05) is 14.2 Å². The highest BCUT2D eigenvalue weighted by molar-refractivity contribution is 5.90. The number of carbonyl (C=O) groups excluding carboxylic acids is 3. The summed E-state index contributed by atoms with van der Waals surface area (Å²) >= 11 is 0. The number of allylic oxidation sites excluding steroid dienone is 1. The first-order valence-electron chi connectivity index (χ1n) is 25.1. The van der Waals surface area contributed by atoms with Gasteiger partial charge in [-0.15, -0.1) is 0 Å². The van der Waals surface area contributed by atoms with E-state index in [0.29, 0.717) is 19.3 Å². The highest BCUT2D eigenvalue weighted by Crippen LogP contribution is 2.70. The van der Waals surface area contributed by atoms with Gasteiger partial charge in [0.2, 0.25) is 0 Å². The Morgan fingerprint density at radius 3 is 2.03 bits per heavy atom. The number of esters is 2. The molecule has 1 aromatic rings. The molecule has 4 aliphatic carbocycles. The zero-order valence-corrected chi connectivity index (χ0v) is 42.4. The molecule has 0 spiro atoms. The van der Waals surface area contributed by atoms with Gasteiger partial charge in [-0.05, 0) is 90.7 Å². The minimum absolute atomic E-state index is 0.0204. The van der Waals surface area contributed by atoms with Crippen molar-refractivity contribution in [3.63, 3.8) is 0 Å². The fourth-order valence-corrected chi connectivity index (χ4v) is 13.4. The number of Topliss-reactive ketones (excluding diaryl/α,β-unsaturated/α-hetero) is 1. The van der Waals surface area contributed by atoms with Crippen molar-refractivity contribution in [3.8, 4) is 0 Å². The molecule has 0 radical (unpaired) electrons. The fraction of sp³-hybridized carbons (Fsp3) is 0.750. The summed E-state index contributed by atoms with van der Waals surface area (Å²) in [4.78, 5) is 41.6. The van der Waals surface area contributed by atoms with E-state index in [0.717, 1.165) is 5.57 Å². The molecular formula is C52H74O20. The SMILES string of the molecule is C/C=C(\C)C(=O)O[C@@H]1[C@@H](OC(=O)c2ccccc2)[C@]2(C)[C@@H](C(C)=O)CC[C@]2(O)[C@]2(O)CC=C3C[C@@H](O[C@H]4C[C@@H](O)[C@H](O[C@@H]5O[C@H](C)[C@@H](O[C@@H]6O[C@H](OC)[C@@H](O)[C@H](O)[C@H]6O)[C@@H](OC)[C@H]5O)[C@@H](C)O4)CC[C@]3(C)[C@@H]12. The number of rotatable bonds is 13. The van der Waals surface area contributed by atoms with Crippen LogP contribution in [0, 0.1) is 22.7 Å². The molecule has 20 heteroatoms. The minimum atomic E-state index is -1.96. The van der Waals surface area contributed by atoms with Crippen LogP contribution in [0.25, 0.3) is 0 Å². The number of aliphatic hydroxyl groups is 7. The molecule has 3 saturated carbocycles. The van der Waals surface area contributed by atoms with Gasteiger partial charge in [-0.1, -0.05) is 49.8 Å². The number of carbonyl (C=O) groups is 3. The van der Waals surface area contributed by atoms with Crippen LogP contribution in [-0.4, -0.2) is 183 Å². The van der Waals surface area contributed by atoms with Crippen LogP contribution in [0.1, 0.15) is 104 Å². The van der Waals surface area contributed by atoms with Crippen LogP contribution in [0.5, 0.6) is 0 Å². The van der Waals surface area contributed by atoms with E-state index < -0.39 is 150 Å². The molecule has 6 fully saturated rings. The average molecular weight is 1020 g/mol. The molecule has 72 heavy (non-hydrogen) atoms. The number of benzene rings is 1. The average Bonchev–Trinajstić information content (AvgIpc) is 3.64. The monoisotopic (exact) mass is 1020 g/mol. The van der Waals surface area contributed by atoms with Crippen molar-refractivity contribution >= 4 is 17.7 Å². The summed E-state index contributed by atoms with van der Waals surface area (Å²) < 4.78 is 60.2. The first kappa shape index (κ1) is 55.0. The maximum Gasteiger partial charge on any atom is 0.338 e. The number of methoxy groups -OCH3 is 2. The molecule has 0 aromatic heterocycles. The van der Waals surface area contributed by atoms with Gasteiger partial charge in [0.25, 0.3) is 0 Å². The highest BCUT2D eigenvalue weighted by atomic mass is 16.8. The Bertz CT molecular complexity index is 2180. The molecule has 0 unspecified atom stereocenters. The first-order valence-corrected chi connectivity index (χ1v) is 25.1. The minimum Gasteiger partial charge on any atom is -0.455 e. The summed E-state index contributed by atoms with van der Waals surface area (Å²) in [5.41, 5.74) is -5.06. The zero-order valence-electron chi connectivity index (χ0n) is 42.4. The van der Waals surface area contributed by atoms with E-state index in [1.807, 2.05) is 13.0 Å². The lowest BCUT2D eigenvalue weighted by molar-refractivity contribution is -0.386. The van der Waals surface area contributed by atoms with Gasteiger partial charge in [-0.3, -0.25) is 4.79 Å². The van der Waals surface area contributed by atoms with E-state index in [1.165, 1.54) is 21.1 Å². The van der Waals surface area contributed by atoms with E-state index >= 15 is 0 Å². The zero-order chi connectivity index (χ0) is 52.4. The van der Waals surface area contributed by atoms with Gasteiger partial charge in [-0.2, -0.15) is 0 Å². The molecule has 3 aliphatic heterocycles. The second kappa shape index (κ2) is 21.0. The molecule has 20 nitrogen and oxygen atoms in total. The van der Waals surface area contributed by atoms with Gasteiger partial charge in [0.05, 0.1) is 30.0 Å². The van der Waals surface area contributed by atoms with Gasteiger partial charge in [0.15, 0.2) is 25.2 Å². The van der Waals surface area contributed by atoms with Crippen LogP contribution in [0.2, 0.25) is 0 Å². The predicted octanol–water partition coefficient (Wildman–Crippen LogP) is 1.89. The van der Waals surface area contributed by atoms with Crippen molar-refractivity contribution in [1.82, 2.24) is 0 Å². The van der Waals surface area contributed by atoms with Gasteiger partial charge < -0.3 is 83.1 Å². The molecule has 3 heterocycles. The molecule has 7 aliphatic rings. The molecule has 0 bridgehead atoms. The summed E-state index contributed by atoms with van der Waals surface area (Å²) in [5.74, 6) is -3.54. The summed E-state index contributed by atoms with van der Waals surface area (Å²) in [6, 6.07) is 8.31. The lowest BCUT2D eigenvalue weighted by Gasteiger charge is -2.68. The lowest BCUT2D eigenvalue weighted by atomic mass is 9.42. The van der Waals surface area contributed by atoms with Crippen LogP contribution < -0.4 is 0 Å². The standard InChI is InChI=1S/C52H74O20/c1-10-24(2)44(59)68-41-42-49(6)19-17-30(22-29(49)16-20-51(42,61)52(62)21-18-31(25(3)53)50(52,7)43(41)71-45(60)28-14-12-11-13-15-28)67-33-23-32(54)38(26(4)65-33)69-48-37(58)40(63-8)39(27(5)66-48)70-47-36(57)34(55)35(56)46(64-9)72-47/h10-16,26-27,30-43,46-48,54-58,61-62H,17-23H2,1-9H3/b24-10+/t26-,27-,30+,31-,32-,33+,34+,35+,36-,37-,38-,39-,40+,41+,42-,43-,46+,47-,48+,49+,50+,51+,52-/m1/s1. The third-order valence-electron chi connectivity index (χ3n) is 17.5. The van der Waals surface area contributed by atoms with Crippen LogP contribution in [0.4, 0.5) is 0 Å². The van der Waals surface area contributed by atoms with E-state index in [1.54, 1.807) is 71.0 Å². The molecular weight excluding hydrogens is 945 g/mol. The Morgan fingerprint density at radius 2 is 1.39 bits per heavy atom. The largest absolute Gasteiger partial charge is 0.455 e. The van der Waals surface area contributed by atoms with Crippen LogP contribution in [0.3, 0.4) is 0 Å². The highest BCUT2D eigenvalue weighted by Gasteiger charge is 2.81. The second-order valence-corrected chi connectivity index (χ2v) is 21.4. The smallest absolute Gasteiger partial charge is 0.338 e. The first-order chi connectivity index (χ1) is 34.0. The van der Waals surface area contributed by atoms with E-state index in [9.17, 15) is 50.1 Å². The summed E-state index contributed by atoms with van der Waals surface area (Å²) in [6.45, 7) is 11.6. The van der Waals surface area contributed by atoms with Gasteiger partial charge in [0.1, 0.15) is 71.9 Å². The molecule has 8 rings (SSSR count). The summed E-state index contributed by atoms with van der Waals surface area (Å²) in [6.07, 6.45) is -15.7. The Balaban J connectivity index is 0.983. The number of hydrogen-bond donors (Lipinski definition) is 7. The maximum absolute atomic E-state index is 14.1. The van der Waals surface area contributed by atoms with Gasteiger partial charge in [0, 0.05) is 43.5 Å². The third-order valence-corrected chi connectivity index (χ3v) is 17.5. The number of ether oxygens (including phenoxy) is 10. The van der Waals surface area contributed by atoms with Crippen molar-refractivity contribution < 1.29 is 97.5 Å². The number of ketones is 1. The number of aliphatic hydroxyl groups excluding tert-OH is 5. The second-order valence-electron chi connectivity index (χ2n) is 21.4. The molecule has 402 valence electrons. The molecule has 3 saturated heterocycles. The van der Waals surface area contributed by atoms with E-state index in [4.69, 9.17) is 47.4 Å². The Hall–Kier alpha value is -3.29. The third kappa shape index (κ3) is 9.22. The quantitative estimate of drug-likeness (QED) is 0.0844. The van der Waals surface area contributed by atoms with Crippen molar-refractivity contribution in [2.24, 2.45) is 22.7 Å². The molecule has 23 atom stereocenters. The van der Waals surface area contributed by atoms with Crippen LogP contribution >= 0.6 is 0 Å². The van der Waals surface area contributed by atoms with Crippen molar-refractivity contribution in [2.45, 2.75) is 209 Å². The van der Waals surface area contributed by atoms with Crippen molar-refractivity contribution in [3.05, 3.63) is 59.2 Å². The van der Waals surface area contributed by atoms with Gasteiger partial charge >= 0.3 is 11.9 Å². The van der Waals surface area contributed by atoms with E-state index in [-0.39, 0.29) is 42.6 Å². The summed E-state index contributed by atoms with van der Waals surface area (Å²) in [7, 11) is 2.59. The van der Waals surface area contributed by atoms with Crippen LogP contribution in [-0.2, 0) is 57.0 Å². The molecule has 1 aromatic carbocycles. The Labute approximate surface area is 419 Å². The number of hydrogen-bond acceptors (Lipinski definition) is 20. The predicted molar refractivity (Wildman–Crippen MR) is 249 cm³/mol. The normalized spacial score (nSPS) is 47.3. The molecule has 7 N–H and O–H groups in total. The van der Waals surface area contributed by atoms with Crippen LogP contribution in [0.15, 0.2) is 53.6 Å². The Morgan fingerprint density at radius 1 is 0.736 bits per heavy atom. The summed E-state index contributed by atoms with van der Waals surface area (Å²) in [5, 5.41) is 80.8. The molecule has 0 amide bonds. The van der Waals surface area contributed by atoms with E-state index in [2.05, 4.69) is 0 Å². The number of fused-ring (bicyclic) bond motifs is 5. The van der Waals surface area contributed by atoms with Crippen molar-refractivity contribution in [1.29, 1.82) is 0 Å². The Kier molecular flexibility index (Phi) is 16.0.